The van der Waals surface area contributed by atoms with Crippen molar-refractivity contribution in [1.29, 1.82) is 0 Å². The van der Waals surface area contributed by atoms with Gasteiger partial charge in [0.2, 0.25) is 10.0 Å². The molecule has 3 rings (SSSR count). The average molecular weight is 569 g/mol. The average Bonchev–Trinajstić information content (AvgIpc) is 2.97. The molecule has 0 heterocycles. The van der Waals surface area contributed by atoms with Crippen LogP contribution in [-0.4, -0.2) is 55.7 Å². The first-order valence-electron chi connectivity index (χ1n) is 12.3. The van der Waals surface area contributed by atoms with Crippen LogP contribution in [0.2, 0.25) is 0 Å². The summed E-state index contributed by atoms with van der Waals surface area (Å²) in [5.74, 6) is 0.898. The lowest BCUT2D eigenvalue weighted by molar-refractivity contribution is -0.384. The molecule has 0 aliphatic heterocycles. The van der Waals surface area contributed by atoms with Crippen LogP contribution < -0.4 is 9.47 Å². The lowest BCUT2D eigenvalue weighted by Crippen LogP contribution is -2.44. The first-order valence-corrected chi connectivity index (χ1v) is 13.7. The molecule has 0 fully saturated rings. The van der Waals surface area contributed by atoms with E-state index in [2.05, 4.69) is 6.58 Å². The molecule has 11 heteroatoms. The van der Waals surface area contributed by atoms with Crippen molar-refractivity contribution < 1.29 is 32.7 Å². The van der Waals surface area contributed by atoms with Crippen molar-refractivity contribution >= 4 is 15.7 Å². The monoisotopic (exact) mass is 568 g/mol. The van der Waals surface area contributed by atoms with Crippen LogP contribution in [0.5, 0.6) is 11.5 Å². The molecule has 1 N–H and O–H groups in total. The quantitative estimate of drug-likeness (QED) is 0.123. The Hall–Kier alpha value is -4.03. The van der Waals surface area contributed by atoms with Crippen LogP contribution in [0.3, 0.4) is 0 Å². The Morgan fingerprint density at radius 3 is 2.35 bits per heavy atom. The topological polar surface area (TPSA) is 128 Å². The number of nitrogens with zero attached hydrogens (tertiary/aromatic N) is 2. The molecule has 0 aliphatic carbocycles. The normalized spacial score (nSPS) is 13.2. The number of benzene rings is 3. The highest BCUT2D eigenvalue weighted by atomic mass is 32.2. The number of nitro benzene ring substituents is 1. The van der Waals surface area contributed by atoms with Crippen molar-refractivity contribution in [3.05, 3.63) is 119 Å². The number of methoxy groups -OCH3 is 2. The fourth-order valence-electron chi connectivity index (χ4n) is 3.93. The van der Waals surface area contributed by atoms with Crippen molar-refractivity contribution in [3.63, 3.8) is 0 Å². The van der Waals surface area contributed by atoms with E-state index in [0.29, 0.717) is 23.7 Å². The zero-order chi connectivity index (χ0) is 29.1. The summed E-state index contributed by atoms with van der Waals surface area (Å²) in [6.45, 7) is 4.15. The third kappa shape index (κ3) is 7.76. The van der Waals surface area contributed by atoms with E-state index in [4.69, 9.17) is 14.2 Å². The molecule has 0 aromatic heterocycles. The van der Waals surface area contributed by atoms with Crippen molar-refractivity contribution in [2.75, 3.05) is 20.8 Å². The lowest BCUT2D eigenvalue weighted by Gasteiger charge is -2.31. The van der Waals surface area contributed by atoms with Gasteiger partial charge in [-0.3, -0.25) is 10.1 Å². The summed E-state index contributed by atoms with van der Waals surface area (Å²) in [5, 5.41) is 22.1. The van der Waals surface area contributed by atoms with Gasteiger partial charge in [-0.1, -0.05) is 54.6 Å². The van der Waals surface area contributed by atoms with Gasteiger partial charge in [0, 0.05) is 30.3 Å². The number of rotatable bonds is 15. The van der Waals surface area contributed by atoms with Crippen molar-refractivity contribution in [2.45, 2.75) is 30.2 Å². The lowest BCUT2D eigenvalue weighted by atomic mass is 10.1. The fraction of sp³-hybridized carbons (Fsp3) is 0.241. The van der Waals surface area contributed by atoms with E-state index in [-0.39, 0.29) is 23.7 Å². The first kappa shape index (κ1) is 30.5. The molecule has 0 unspecified atom stereocenters. The highest BCUT2D eigenvalue weighted by Crippen LogP contribution is 2.30. The van der Waals surface area contributed by atoms with Crippen molar-refractivity contribution in [2.24, 2.45) is 0 Å². The Morgan fingerprint density at radius 1 is 1.05 bits per heavy atom. The minimum absolute atomic E-state index is 0.181. The number of sulfonamides is 1. The standard InChI is InChI=1S/C29H32N2O8S/c1-4-27(28(32)11-8-18-39-21-22-9-6-5-7-10-22)30(20-23-12-15-25(37-2)19-29(23)38-3)40(35,36)26-16-13-24(14-17-26)31(33)34/h4-17,19,27-28,32H,1,18,20-21H2,2-3H3/b11-8+/t27-,28+/m1/s1. The summed E-state index contributed by atoms with van der Waals surface area (Å²) in [6.07, 6.45) is 3.10. The van der Waals surface area contributed by atoms with Gasteiger partial charge < -0.3 is 19.3 Å². The van der Waals surface area contributed by atoms with E-state index >= 15 is 0 Å². The van der Waals surface area contributed by atoms with Gasteiger partial charge >= 0.3 is 0 Å². The molecule has 0 aliphatic rings. The van der Waals surface area contributed by atoms with Crippen LogP contribution >= 0.6 is 0 Å². The van der Waals surface area contributed by atoms with E-state index in [1.54, 1.807) is 24.3 Å². The van der Waals surface area contributed by atoms with Gasteiger partial charge in [-0.25, -0.2) is 8.42 Å². The summed E-state index contributed by atoms with van der Waals surface area (Å²) in [4.78, 5) is 10.3. The van der Waals surface area contributed by atoms with E-state index in [1.807, 2.05) is 30.3 Å². The molecule has 0 saturated heterocycles. The molecule has 0 spiro atoms. The van der Waals surface area contributed by atoms with Gasteiger partial charge in [0.15, 0.2) is 0 Å². The maximum Gasteiger partial charge on any atom is 0.269 e. The second kappa shape index (κ2) is 14.4. The summed E-state index contributed by atoms with van der Waals surface area (Å²) >= 11 is 0. The van der Waals surface area contributed by atoms with Crippen LogP contribution in [0.1, 0.15) is 11.1 Å². The molecule has 0 saturated carbocycles. The Kier molecular flexibility index (Phi) is 11.0. The zero-order valence-corrected chi connectivity index (χ0v) is 23.1. The SMILES string of the molecule is C=C[C@H]([C@@H](O)/C=C/COCc1ccccc1)N(Cc1ccc(OC)cc1OC)S(=O)(=O)c1ccc([N+](=O)[O-])cc1. The number of non-ortho nitro benzene ring substituents is 1. The van der Waals surface area contributed by atoms with Gasteiger partial charge in [-0.2, -0.15) is 4.31 Å². The second-order valence-electron chi connectivity index (χ2n) is 8.62. The van der Waals surface area contributed by atoms with Crippen molar-refractivity contribution in [1.82, 2.24) is 4.31 Å². The van der Waals surface area contributed by atoms with Gasteiger partial charge in [-0.15, -0.1) is 6.58 Å². The first-order chi connectivity index (χ1) is 19.2. The molecular formula is C29H32N2O8S. The Bertz CT molecular complexity index is 1410. The molecular weight excluding hydrogens is 536 g/mol. The van der Waals surface area contributed by atoms with Gasteiger partial charge in [0.25, 0.3) is 5.69 Å². The number of nitro groups is 1. The maximum atomic E-state index is 13.9. The van der Waals surface area contributed by atoms with Crippen LogP contribution in [0, 0.1) is 10.1 Å². The Balaban J connectivity index is 1.90. The summed E-state index contributed by atoms with van der Waals surface area (Å²) in [7, 11) is -1.33. The smallest absolute Gasteiger partial charge is 0.269 e. The number of hydrogen-bond acceptors (Lipinski definition) is 8. The van der Waals surface area contributed by atoms with Crippen molar-refractivity contribution in [3.8, 4) is 11.5 Å². The summed E-state index contributed by atoms with van der Waals surface area (Å²) < 4.78 is 45.1. The molecule has 2 atom stereocenters. The highest BCUT2D eigenvalue weighted by Gasteiger charge is 2.34. The molecule has 40 heavy (non-hydrogen) atoms. The molecule has 10 nitrogen and oxygen atoms in total. The zero-order valence-electron chi connectivity index (χ0n) is 22.3. The molecule has 212 valence electrons. The third-order valence-corrected chi connectivity index (χ3v) is 7.92. The third-order valence-electron chi connectivity index (χ3n) is 6.06. The summed E-state index contributed by atoms with van der Waals surface area (Å²) in [5.41, 5.74) is 1.25. The molecule has 3 aromatic rings. The Labute approximate surface area is 233 Å². The number of aliphatic hydroxyl groups excluding tert-OH is 1. The van der Waals surface area contributed by atoms with E-state index in [0.717, 1.165) is 34.1 Å². The van der Waals surface area contributed by atoms with Crippen LogP contribution in [0.25, 0.3) is 0 Å². The summed E-state index contributed by atoms with van der Waals surface area (Å²) in [6, 6.07) is 18.0. The molecule has 0 bridgehead atoms. The molecule has 0 amide bonds. The van der Waals surface area contributed by atoms with Gasteiger partial charge in [0.1, 0.15) is 11.5 Å². The Morgan fingerprint density at radius 2 is 1.75 bits per heavy atom. The maximum absolute atomic E-state index is 13.9. The number of aliphatic hydroxyl groups is 1. The molecule has 3 aromatic carbocycles. The fourth-order valence-corrected chi connectivity index (χ4v) is 5.52. The number of ether oxygens (including phenoxy) is 3. The van der Waals surface area contributed by atoms with Crippen LogP contribution in [0.15, 0.2) is 102 Å². The number of hydrogen-bond donors (Lipinski definition) is 1. The minimum Gasteiger partial charge on any atom is -0.497 e. The minimum atomic E-state index is -4.28. The predicted octanol–water partition coefficient (Wildman–Crippen LogP) is 4.49. The van der Waals surface area contributed by atoms with E-state index < -0.39 is 27.1 Å². The van der Waals surface area contributed by atoms with E-state index in [9.17, 15) is 23.6 Å². The molecule has 0 radical (unpaired) electrons. The van der Waals surface area contributed by atoms with E-state index in [1.165, 1.54) is 26.4 Å². The van der Waals surface area contributed by atoms with Crippen LogP contribution in [0.4, 0.5) is 5.69 Å². The van der Waals surface area contributed by atoms with Gasteiger partial charge in [0.05, 0.1) is 49.4 Å². The van der Waals surface area contributed by atoms with Crippen LogP contribution in [-0.2, 0) is 27.9 Å². The highest BCUT2D eigenvalue weighted by molar-refractivity contribution is 7.89. The second-order valence-corrected chi connectivity index (χ2v) is 10.5. The van der Waals surface area contributed by atoms with Gasteiger partial charge in [-0.05, 0) is 23.8 Å². The predicted molar refractivity (Wildman–Crippen MR) is 151 cm³/mol. The largest absolute Gasteiger partial charge is 0.497 e.